The molecule has 0 bridgehead atoms. The Hall–Kier alpha value is -2.24. The quantitative estimate of drug-likeness (QED) is 0.899. The maximum absolute atomic E-state index is 11.8. The molecule has 1 aliphatic heterocycles. The number of carbonyl (C=O) groups is 2. The van der Waals surface area contributed by atoms with E-state index in [2.05, 4.69) is 0 Å². The molecule has 1 fully saturated rings. The standard InChI is InChI=1S/C14H17NO5/c1-15-12(16)7-9(14(17)18)13(15)8-4-5-10(19-2)11(6-8)20-3/h4-6,9,13H,7H2,1-3H3,(H,17,18). The van der Waals surface area contributed by atoms with E-state index in [0.29, 0.717) is 11.5 Å². The number of carboxylic acid groups (broad SMARTS) is 1. The second kappa shape index (κ2) is 5.40. The molecule has 0 aromatic heterocycles. The molecule has 0 spiro atoms. The van der Waals surface area contributed by atoms with Gasteiger partial charge in [-0.15, -0.1) is 0 Å². The number of rotatable bonds is 4. The first kappa shape index (κ1) is 14.2. The van der Waals surface area contributed by atoms with Gasteiger partial charge in [0.1, 0.15) is 0 Å². The number of ether oxygens (including phenoxy) is 2. The first-order chi connectivity index (χ1) is 9.49. The fourth-order valence-electron chi connectivity index (χ4n) is 2.58. The van der Waals surface area contributed by atoms with Crippen LogP contribution in [0.4, 0.5) is 0 Å². The first-order valence-corrected chi connectivity index (χ1v) is 6.20. The zero-order chi connectivity index (χ0) is 14.9. The molecule has 1 aromatic carbocycles. The predicted molar refractivity (Wildman–Crippen MR) is 70.8 cm³/mol. The van der Waals surface area contributed by atoms with Gasteiger partial charge in [-0.2, -0.15) is 0 Å². The molecule has 0 aliphatic carbocycles. The monoisotopic (exact) mass is 279 g/mol. The van der Waals surface area contributed by atoms with Crippen LogP contribution in [-0.4, -0.2) is 43.2 Å². The van der Waals surface area contributed by atoms with Gasteiger partial charge in [-0.3, -0.25) is 9.59 Å². The molecule has 108 valence electrons. The Kier molecular flexibility index (Phi) is 3.83. The van der Waals surface area contributed by atoms with E-state index >= 15 is 0 Å². The lowest BCUT2D eigenvalue weighted by molar-refractivity contribution is -0.142. The Morgan fingerprint density at radius 2 is 1.95 bits per heavy atom. The van der Waals surface area contributed by atoms with E-state index in [1.54, 1.807) is 25.2 Å². The minimum Gasteiger partial charge on any atom is -0.493 e. The van der Waals surface area contributed by atoms with E-state index in [9.17, 15) is 14.7 Å². The van der Waals surface area contributed by atoms with Gasteiger partial charge in [0.15, 0.2) is 11.5 Å². The molecule has 0 saturated carbocycles. The number of hydrogen-bond acceptors (Lipinski definition) is 4. The van der Waals surface area contributed by atoms with Gasteiger partial charge in [0, 0.05) is 13.5 Å². The molecule has 2 atom stereocenters. The van der Waals surface area contributed by atoms with Gasteiger partial charge >= 0.3 is 5.97 Å². The van der Waals surface area contributed by atoms with Gasteiger partial charge in [0.25, 0.3) is 0 Å². The molecule has 1 saturated heterocycles. The smallest absolute Gasteiger partial charge is 0.309 e. The van der Waals surface area contributed by atoms with Gasteiger partial charge < -0.3 is 19.5 Å². The van der Waals surface area contributed by atoms with Gasteiger partial charge in [-0.1, -0.05) is 6.07 Å². The highest BCUT2D eigenvalue weighted by atomic mass is 16.5. The third-order valence-corrected chi connectivity index (χ3v) is 3.65. The largest absolute Gasteiger partial charge is 0.493 e. The van der Waals surface area contributed by atoms with Crippen LogP contribution in [-0.2, 0) is 9.59 Å². The van der Waals surface area contributed by atoms with Crippen molar-refractivity contribution in [2.75, 3.05) is 21.3 Å². The number of amides is 1. The molecule has 6 heteroatoms. The Bertz CT molecular complexity index is 542. The molecule has 2 rings (SSSR count). The summed E-state index contributed by atoms with van der Waals surface area (Å²) in [6, 6.07) is 4.70. The highest BCUT2D eigenvalue weighted by molar-refractivity contribution is 5.87. The van der Waals surface area contributed by atoms with Crippen LogP contribution in [0.2, 0.25) is 0 Å². The third kappa shape index (κ3) is 2.29. The second-order valence-corrected chi connectivity index (χ2v) is 4.71. The molecule has 0 radical (unpaired) electrons. The average Bonchev–Trinajstić information content (AvgIpc) is 2.74. The number of carboxylic acids is 1. The molecule has 1 amide bonds. The maximum Gasteiger partial charge on any atom is 0.309 e. The second-order valence-electron chi connectivity index (χ2n) is 4.71. The van der Waals surface area contributed by atoms with Crippen molar-refractivity contribution in [2.24, 2.45) is 5.92 Å². The number of aliphatic carboxylic acids is 1. The van der Waals surface area contributed by atoms with Crippen molar-refractivity contribution < 1.29 is 24.2 Å². The van der Waals surface area contributed by atoms with Crippen LogP contribution in [0.5, 0.6) is 11.5 Å². The van der Waals surface area contributed by atoms with Crippen molar-refractivity contribution >= 4 is 11.9 Å². The van der Waals surface area contributed by atoms with Crippen molar-refractivity contribution in [2.45, 2.75) is 12.5 Å². The SMILES string of the molecule is COc1ccc(C2C(C(=O)O)CC(=O)N2C)cc1OC. The molecule has 20 heavy (non-hydrogen) atoms. The van der Waals surface area contributed by atoms with Crippen LogP contribution in [0.1, 0.15) is 18.0 Å². The van der Waals surface area contributed by atoms with E-state index in [4.69, 9.17) is 9.47 Å². The normalized spacial score (nSPS) is 21.9. The summed E-state index contributed by atoms with van der Waals surface area (Å²) in [6.45, 7) is 0. The molecular weight excluding hydrogens is 262 g/mol. The zero-order valence-electron chi connectivity index (χ0n) is 11.6. The highest BCUT2D eigenvalue weighted by Gasteiger charge is 2.43. The van der Waals surface area contributed by atoms with Gasteiger partial charge in [0.05, 0.1) is 26.2 Å². The minimum atomic E-state index is -0.970. The van der Waals surface area contributed by atoms with Gasteiger partial charge in [-0.05, 0) is 17.7 Å². The van der Waals surface area contributed by atoms with E-state index < -0.39 is 17.9 Å². The Labute approximate surface area is 116 Å². The summed E-state index contributed by atoms with van der Waals surface area (Å²) in [6.07, 6.45) is 0.0187. The number of benzene rings is 1. The Morgan fingerprint density at radius 1 is 1.30 bits per heavy atom. The maximum atomic E-state index is 11.8. The number of nitrogens with zero attached hydrogens (tertiary/aromatic N) is 1. The van der Waals surface area contributed by atoms with Crippen LogP contribution in [0, 0.1) is 5.92 Å². The lowest BCUT2D eigenvalue weighted by Gasteiger charge is -2.24. The summed E-state index contributed by atoms with van der Waals surface area (Å²) >= 11 is 0. The van der Waals surface area contributed by atoms with Crippen molar-refractivity contribution in [1.82, 2.24) is 4.90 Å². The van der Waals surface area contributed by atoms with Crippen LogP contribution in [0.3, 0.4) is 0 Å². The number of carbonyl (C=O) groups excluding carboxylic acids is 1. The van der Waals surface area contributed by atoms with Gasteiger partial charge in [0.2, 0.25) is 5.91 Å². The first-order valence-electron chi connectivity index (χ1n) is 6.20. The summed E-state index contributed by atoms with van der Waals surface area (Å²) in [7, 11) is 4.66. The van der Waals surface area contributed by atoms with Crippen molar-refractivity contribution in [3.63, 3.8) is 0 Å². The number of hydrogen-bond donors (Lipinski definition) is 1. The molecule has 1 heterocycles. The molecule has 1 aliphatic rings. The fourth-order valence-corrected chi connectivity index (χ4v) is 2.58. The molecule has 1 aromatic rings. The van der Waals surface area contributed by atoms with Crippen molar-refractivity contribution in [1.29, 1.82) is 0 Å². The fraction of sp³-hybridized carbons (Fsp3) is 0.429. The summed E-state index contributed by atoms with van der Waals surface area (Å²) in [5.41, 5.74) is 0.725. The minimum absolute atomic E-state index is 0.0187. The van der Waals surface area contributed by atoms with Crippen LogP contribution >= 0.6 is 0 Å². The van der Waals surface area contributed by atoms with Crippen molar-refractivity contribution in [3.8, 4) is 11.5 Å². The number of likely N-dealkylation sites (tertiary alicyclic amines) is 1. The molecule has 6 nitrogen and oxygen atoms in total. The third-order valence-electron chi connectivity index (χ3n) is 3.65. The van der Waals surface area contributed by atoms with Crippen LogP contribution in [0.15, 0.2) is 18.2 Å². The summed E-state index contributed by atoms with van der Waals surface area (Å²) in [4.78, 5) is 24.5. The van der Waals surface area contributed by atoms with Crippen LogP contribution < -0.4 is 9.47 Å². The molecule has 1 N–H and O–H groups in total. The topological polar surface area (TPSA) is 76.1 Å². The Balaban J connectivity index is 2.43. The van der Waals surface area contributed by atoms with E-state index in [1.807, 2.05) is 0 Å². The van der Waals surface area contributed by atoms with Crippen molar-refractivity contribution in [3.05, 3.63) is 23.8 Å². The average molecular weight is 279 g/mol. The van der Waals surface area contributed by atoms with Gasteiger partial charge in [-0.25, -0.2) is 0 Å². The van der Waals surface area contributed by atoms with E-state index in [0.717, 1.165) is 5.56 Å². The van der Waals surface area contributed by atoms with E-state index in [1.165, 1.54) is 19.1 Å². The van der Waals surface area contributed by atoms with Crippen LogP contribution in [0.25, 0.3) is 0 Å². The summed E-state index contributed by atoms with van der Waals surface area (Å²) in [5.74, 6) is -0.803. The summed E-state index contributed by atoms with van der Waals surface area (Å²) < 4.78 is 10.4. The van der Waals surface area contributed by atoms with E-state index in [-0.39, 0.29) is 12.3 Å². The molecular formula is C14H17NO5. The predicted octanol–water partition coefficient (Wildman–Crippen LogP) is 1.31. The zero-order valence-corrected chi connectivity index (χ0v) is 11.6. The lowest BCUT2D eigenvalue weighted by atomic mass is 9.93. The lowest BCUT2D eigenvalue weighted by Crippen LogP contribution is -2.26. The molecule has 2 unspecified atom stereocenters. The number of methoxy groups -OCH3 is 2. The highest BCUT2D eigenvalue weighted by Crippen LogP contribution is 2.40. The Morgan fingerprint density at radius 3 is 2.50 bits per heavy atom. The summed E-state index contributed by atoms with van der Waals surface area (Å²) in [5, 5.41) is 9.27.